The van der Waals surface area contributed by atoms with Gasteiger partial charge >= 0.3 is 0 Å². The number of nitrogens with one attached hydrogen (secondary N) is 1. The predicted molar refractivity (Wildman–Crippen MR) is 76.8 cm³/mol. The molecule has 5 heteroatoms. The Kier molecular flexibility index (Phi) is 3.19. The number of benzene rings is 1. The van der Waals surface area contributed by atoms with Gasteiger partial charge in [-0.25, -0.2) is 4.98 Å². The van der Waals surface area contributed by atoms with Gasteiger partial charge in [0.15, 0.2) is 5.82 Å². The maximum Gasteiger partial charge on any atom is 0.228 e. The minimum Gasteiger partial charge on any atom is -0.342 e. The Labute approximate surface area is 118 Å². The maximum atomic E-state index is 12.2. The number of carbonyl (C=O) groups excluding carboxylic acids is 1. The summed E-state index contributed by atoms with van der Waals surface area (Å²) in [5.74, 6) is 0.155. The number of H-pyrrole nitrogens is 1. The molecular formula is C14H9ClN2OS. The normalized spacial score (nSPS) is 10.6. The van der Waals surface area contributed by atoms with Crippen LogP contribution >= 0.6 is 22.9 Å². The minimum absolute atomic E-state index is 0.163. The summed E-state index contributed by atoms with van der Waals surface area (Å²) in [5, 5.41) is 4.55. The molecule has 0 unspecified atom stereocenters. The Morgan fingerprint density at radius 3 is 2.84 bits per heavy atom. The highest BCUT2D eigenvalue weighted by Gasteiger charge is 2.13. The van der Waals surface area contributed by atoms with Crippen molar-refractivity contribution in [2.24, 2.45) is 0 Å². The lowest BCUT2D eigenvalue weighted by molar-refractivity contribution is 0.103. The number of imidazole rings is 1. The Bertz CT molecular complexity index is 705. The van der Waals surface area contributed by atoms with Crippen molar-refractivity contribution in [2.45, 2.75) is 0 Å². The van der Waals surface area contributed by atoms with Gasteiger partial charge in [0.25, 0.3) is 0 Å². The van der Waals surface area contributed by atoms with E-state index in [0.29, 0.717) is 16.4 Å². The molecule has 1 N–H and O–H groups in total. The van der Waals surface area contributed by atoms with Crippen LogP contribution in [0.3, 0.4) is 0 Å². The summed E-state index contributed by atoms with van der Waals surface area (Å²) in [7, 11) is 0. The number of hydrogen-bond donors (Lipinski definition) is 1. The molecule has 2 heterocycles. The van der Waals surface area contributed by atoms with Crippen molar-refractivity contribution in [3.05, 3.63) is 63.8 Å². The number of ketones is 1. The molecule has 0 saturated carbocycles. The molecular weight excluding hydrogens is 280 g/mol. The largest absolute Gasteiger partial charge is 0.342 e. The summed E-state index contributed by atoms with van der Waals surface area (Å²) in [6.07, 6.45) is 3.18. The van der Waals surface area contributed by atoms with Crippen molar-refractivity contribution >= 4 is 28.7 Å². The van der Waals surface area contributed by atoms with Crippen LogP contribution < -0.4 is 0 Å². The van der Waals surface area contributed by atoms with E-state index >= 15 is 0 Å². The molecule has 3 nitrogen and oxygen atoms in total. The summed E-state index contributed by atoms with van der Waals surface area (Å²) >= 11 is 7.70. The summed E-state index contributed by atoms with van der Waals surface area (Å²) < 4.78 is 0. The zero-order valence-electron chi connectivity index (χ0n) is 9.76. The quantitative estimate of drug-likeness (QED) is 0.740. The van der Waals surface area contributed by atoms with E-state index in [2.05, 4.69) is 9.97 Å². The molecule has 0 aliphatic carbocycles. The first-order valence-corrected chi connectivity index (χ1v) is 6.93. The van der Waals surface area contributed by atoms with E-state index in [-0.39, 0.29) is 5.78 Å². The molecule has 0 aliphatic rings. The molecule has 94 valence electrons. The second kappa shape index (κ2) is 4.99. The molecule has 3 rings (SSSR count). The smallest absolute Gasteiger partial charge is 0.228 e. The van der Waals surface area contributed by atoms with Gasteiger partial charge in [-0.3, -0.25) is 4.79 Å². The van der Waals surface area contributed by atoms with Gasteiger partial charge in [-0.2, -0.15) is 11.3 Å². The highest BCUT2D eigenvalue weighted by Crippen LogP contribution is 2.27. The third-order valence-electron chi connectivity index (χ3n) is 2.73. The lowest BCUT2D eigenvalue weighted by Crippen LogP contribution is -2.03. The van der Waals surface area contributed by atoms with E-state index in [1.54, 1.807) is 29.8 Å². The number of aromatic nitrogens is 2. The van der Waals surface area contributed by atoms with Gasteiger partial charge in [0.2, 0.25) is 5.78 Å². The summed E-state index contributed by atoms with van der Waals surface area (Å²) in [6.45, 7) is 0. The molecule has 0 saturated heterocycles. The fourth-order valence-corrected chi connectivity index (χ4v) is 2.74. The Balaban J connectivity index is 2.06. The van der Waals surface area contributed by atoms with Crippen molar-refractivity contribution in [3.63, 3.8) is 0 Å². The van der Waals surface area contributed by atoms with Gasteiger partial charge in [0, 0.05) is 23.0 Å². The summed E-state index contributed by atoms with van der Waals surface area (Å²) in [4.78, 5) is 19.0. The SMILES string of the molecule is O=C(c1cc(Cl)cc(-c2ccsc2)c1)c1ncc[nH]1. The summed E-state index contributed by atoms with van der Waals surface area (Å²) in [6, 6.07) is 7.33. The standard InChI is InChI=1S/C14H9ClN2OS/c15-12-6-10(9-1-4-19-8-9)5-11(7-12)13(18)14-16-2-3-17-14/h1-8H,(H,16,17). The van der Waals surface area contributed by atoms with Crippen LogP contribution in [0.25, 0.3) is 11.1 Å². The third-order valence-corrected chi connectivity index (χ3v) is 3.63. The predicted octanol–water partition coefficient (Wildman–Crippen LogP) is 4.02. The lowest BCUT2D eigenvalue weighted by atomic mass is 10.0. The number of rotatable bonds is 3. The molecule has 0 amide bonds. The van der Waals surface area contributed by atoms with Crippen molar-refractivity contribution in [1.29, 1.82) is 0 Å². The fourth-order valence-electron chi connectivity index (χ4n) is 1.84. The molecule has 0 spiro atoms. The van der Waals surface area contributed by atoms with Crippen LogP contribution in [0.4, 0.5) is 0 Å². The van der Waals surface area contributed by atoms with Gasteiger partial charge < -0.3 is 4.98 Å². The Morgan fingerprint density at radius 1 is 1.26 bits per heavy atom. The number of thiophene rings is 1. The van der Waals surface area contributed by atoms with E-state index in [1.165, 1.54) is 0 Å². The molecule has 19 heavy (non-hydrogen) atoms. The van der Waals surface area contributed by atoms with Crippen molar-refractivity contribution in [3.8, 4) is 11.1 Å². The highest BCUT2D eigenvalue weighted by molar-refractivity contribution is 7.08. The van der Waals surface area contributed by atoms with E-state index in [0.717, 1.165) is 11.1 Å². The first-order valence-electron chi connectivity index (χ1n) is 5.61. The molecule has 0 atom stereocenters. The third kappa shape index (κ3) is 2.45. The molecule has 3 aromatic rings. The minimum atomic E-state index is -0.163. The number of aromatic amines is 1. The molecule has 0 radical (unpaired) electrons. The second-order valence-corrected chi connectivity index (χ2v) is 5.22. The Morgan fingerprint density at radius 2 is 2.16 bits per heavy atom. The molecule has 2 aromatic heterocycles. The van der Waals surface area contributed by atoms with E-state index in [9.17, 15) is 4.79 Å². The van der Waals surface area contributed by atoms with Gasteiger partial charge in [0.05, 0.1) is 0 Å². The van der Waals surface area contributed by atoms with Crippen LogP contribution in [0.5, 0.6) is 0 Å². The van der Waals surface area contributed by atoms with Crippen LogP contribution in [0.2, 0.25) is 5.02 Å². The van der Waals surface area contributed by atoms with Crippen LogP contribution in [-0.4, -0.2) is 15.8 Å². The average molecular weight is 289 g/mol. The van der Waals surface area contributed by atoms with E-state index < -0.39 is 0 Å². The lowest BCUT2D eigenvalue weighted by Gasteiger charge is -2.04. The average Bonchev–Trinajstić information content (AvgIpc) is 3.10. The van der Waals surface area contributed by atoms with Crippen molar-refractivity contribution < 1.29 is 4.79 Å². The first kappa shape index (κ1) is 12.1. The van der Waals surface area contributed by atoms with E-state index in [1.807, 2.05) is 29.0 Å². The molecule has 0 aliphatic heterocycles. The zero-order valence-corrected chi connectivity index (χ0v) is 11.3. The van der Waals surface area contributed by atoms with Gasteiger partial charge in [-0.15, -0.1) is 0 Å². The van der Waals surface area contributed by atoms with Gasteiger partial charge in [-0.1, -0.05) is 11.6 Å². The Hall–Kier alpha value is -1.91. The van der Waals surface area contributed by atoms with Crippen molar-refractivity contribution in [2.75, 3.05) is 0 Å². The number of carbonyl (C=O) groups is 1. The topological polar surface area (TPSA) is 45.8 Å². The highest BCUT2D eigenvalue weighted by atomic mass is 35.5. The first-order chi connectivity index (χ1) is 9.24. The fraction of sp³-hybridized carbons (Fsp3) is 0. The second-order valence-electron chi connectivity index (χ2n) is 4.01. The van der Waals surface area contributed by atoms with Gasteiger partial charge in [-0.05, 0) is 46.2 Å². The number of hydrogen-bond acceptors (Lipinski definition) is 3. The van der Waals surface area contributed by atoms with E-state index in [4.69, 9.17) is 11.6 Å². The zero-order chi connectivity index (χ0) is 13.2. The van der Waals surface area contributed by atoms with Crippen LogP contribution in [-0.2, 0) is 0 Å². The van der Waals surface area contributed by atoms with Crippen LogP contribution in [0, 0.1) is 0 Å². The molecule has 0 fully saturated rings. The monoisotopic (exact) mass is 288 g/mol. The van der Waals surface area contributed by atoms with Crippen molar-refractivity contribution in [1.82, 2.24) is 9.97 Å². The van der Waals surface area contributed by atoms with Gasteiger partial charge in [0.1, 0.15) is 0 Å². The summed E-state index contributed by atoms with van der Waals surface area (Å²) in [5.41, 5.74) is 2.52. The number of halogens is 1. The van der Waals surface area contributed by atoms with Crippen LogP contribution in [0.1, 0.15) is 16.2 Å². The molecule has 0 bridgehead atoms. The molecule has 1 aromatic carbocycles. The maximum absolute atomic E-state index is 12.2. The van der Waals surface area contributed by atoms with Crippen LogP contribution in [0.15, 0.2) is 47.4 Å². The number of nitrogens with zero attached hydrogens (tertiary/aromatic N) is 1.